The van der Waals surface area contributed by atoms with Crippen LogP contribution in [0.4, 0.5) is 4.79 Å². The Bertz CT molecular complexity index is 655. The molecule has 1 aliphatic rings. The highest BCUT2D eigenvalue weighted by atomic mass is 32.2. The molecule has 1 aromatic rings. The second kappa shape index (κ2) is 6.44. The van der Waals surface area contributed by atoms with E-state index < -0.39 is 32.9 Å². The number of nitrogens with zero attached hydrogens (tertiary/aromatic N) is 2. The summed E-state index contributed by atoms with van der Waals surface area (Å²) in [4.78, 5) is 11.7. The van der Waals surface area contributed by atoms with Crippen molar-refractivity contribution in [3.63, 3.8) is 0 Å². The van der Waals surface area contributed by atoms with E-state index in [-0.39, 0.29) is 18.5 Å². The molecule has 130 valence electrons. The van der Waals surface area contributed by atoms with E-state index in [0.717, 1.165) is 6.26 Å². The lowest BCUT2D eigenvalue weighted by Crippen LogP contribution is -2.43. The molecule has 1 aliphatic heterocycles. The predicted molar refractivity (Wildman–Crippen MR) is 78.5 cm³/mol. The molecule has 10 heteroatoms. The summed E-state index contributed by atoms with van der Waals surface area (Å²) in [5.41, 5.74) is -0.562. The van der Waals surface area contributed by atoms with Crippen molar-refractivity contribution in [2.75, 3.05) is 12.9 Å². The second-order valence-electron chi connectivity index (χ2n) is 6.42. The van der Waals surface area contributed by atoms with Gasteiger partial charge >= 0.3 is 11.3 Å². The molecule has 0 spiro atoms. The fourth-order valence-electron chi connectivity index (χ4n) is 2.03. The quantitative estimate of drug-likeness (QED) is 0.866. The van der Waals surface area contributed by atoms with E-state index in [1.807, 2.05) is 0 Å². The number of nitrogens with one attached hydrogen (secondary N) is 1. The van der Waals surface area contributed by atoms with Crippen molar-refractivity contribution in [2.45, 2.75) is 56.6 Å². The number of aromatic nitrogens is 2. The molecular weight excluding hydrogens is 326 g/mol. The van der Waals surface area contributed by atoms with Gasteiger partial charge in [-0.1, -0.05) is 5.10 Å². The van der Waals surface area contributed by atoms with Crippen LogP contribution in [0, 0.1) is 0 Å². The smallest absolute Gasteiger partial charge is 0.407 e. The van der Waals surface area contributed by atoms with Crippen molar-refractivity contribution in [1.29, 1.82) is 0 Å². The molecule has 0 radical (unpaired) electrons. The molecule has 2 heterocycles. The topological polar surface area (TPSA) is 121 Å². The zero-order valence-electron chi connectivity index (χ0n) is 13.5. The fraction of sp³-hybridized carbons (Fsp3) is 0.769. The number of amides is 1. The highest BCUT2D eigenvalue weighted by Gasteiger charge is 2.30. The maximum absolute atomic E-state index is 11.7. The summed E-state index contributed by atoms with van der Waals surface area (Å²) >= 11 is 0. The summed E-state index contributed by atoms with van der Waals surface area (Å²) in [6.07, 6.45) is 1.16. The van der Waals surface area contributed by atoms with Crippen molar-refractivity contribution < 1.29 is 27.1 Å². The predicted octanol–water partition coefficient (Wildman–Crippen LogP) is 1.22. The molecule has 1 saturated heterocycles. The van der Waals surface area contributed by atoms with Gasteiger partial charge in [0.25, 0.3) is 0 Å². The van der Waals surface area contributed by atoms with Crippen LogP contribution in [0.5, 0.6) is 0 Å². The number of carbonyl (C=O) groups is 1. The summed E-state index contributed by atoms with van der Waals surface area (Å²) < 4.78 is 38.5. The Morgan fingerprint density at radius 3 is 2.48 bits per heavy atom. The van der Waals surface area contributed by atoms with Crippen molar-refractivity contribution in [3.05, 3.63) is 5.89 Å². The molecular formula is C13H21N3O6S. The molecule has 1 fully saturated rings. The first-order chi connectivity index (χ1) is 10.5. The van der Waals surface area contributed by atoms with Gasteiger partial charge in [0.05, 0.1) is 12.6 Å². The number of sulfone groups is 1. The molecule has 0 bridgehead atoms. The highest BCUT2D eigenvalue weighted by Crippen LogP contribution is 2.27. The van der Waals surface area contributed by atoms with Crippen LogP contribution in [-0.4, -0.2) is 49.2 Å². The zero-order valence-corrected chi connectivity index (χ0v) is 14.3. The number of hydrogen-bond acceptors (Lipinski definition) is 8. The lowest BCUT2D eigenvalue weighted by Gasteiger charge is -2.28. The minimum absolute atomic E-state index is 0.126. The van der Waals surface area contributed by atoms with Gasteiger partial charge in [0.2, 0.25) is 15.7 Å². The van der Waals surface area contributed by atoms with Crippen LogP contribution < -0.4 is 5.32 Å². The minimum Gasteiger partial charge on any atom is -0.444 e. The maximum atomic E-state index is 11.7. The van der Waals surface area contributed by atoms with Gasteiger partial charge in [0.15, 0.2) is 0 Å². The van der Waals surface area contributed by atoms with Gasteiger partial charge in [-0.2, -0.15) is 0 Å². The molecule has 2 atom stereocenters. The van der Waals surface area contributed by atoms with Crippen LogP contribution in [0.15, 0.2) is 9.64 Å². The average molecular weight is 347 g/mol. The Hall–Kier alpha value is -1.68. The van der Waals surface area contributed by atoms with E-state index >= 15 is 0 Å². The monoisotopic (exact) mass is 347 g/mol. The van der Waals surface area contributed by atoms with Crippen molar-refractivity contribution in [2.24, 2.45) is 0 Å². The fourth-order valence-corrected chi connectivity index (χ4v) is 2.46. The third kappa shape index (κ3) is 5.17. The van der Waals surface area contributed by atoms with Crippen LogP contribution in [0.2, 0.25) is 0 Å². The number of alkyl carbamates (subject to hydrolysis) is 1. The van der Waals surface area contributed by atoms with Gasteiger partial charge in [-0.15, -0.1) is 5.10 Å². The van der Waals surface area contributed by atoms with Gasteiger partial charge in [-0.25, -0.2) is 13.2 Å². The number of carbonyl (C=O) groups excluding carboxylic acids is 1. The van der Waals surface area contributed by atoms with E-state index in [4.69, 9.17) is 13.9 Å². The summed E-state index contributed by atoms with van der Waals surface area (Å²) in [6.45, 7) is 5.61. The Kier molecular flexibility index (Phi) is 4.95. The highest BCUT2D eigenvalue weighted by molar-refractivity contribution is 7.90. The molecule has 0 saturated carbocycles. The van der Waals surface area contributed by atoms with E-state index in [0.29, 0.717) is 12.8 Å². The first-order valence-electron chi connectivity index (χ1n) is 7.19. The summed E-state index contributed by atoms with van der Waals surface area (Å²) in [5, 5.41) is 9.51. The molecule has 0 aliphatic carbocycles. The molecule has 9 nitrogen and oxygen atoms in total. The van der Waals surface area contributed by atoms with Gasteiger partial charge in [0, 0.05) is 6.26 Å². The summed E-state index contributed by atoms with van der Waals surface area (Å²) in [6, 6.07) is -0.182. The van der Waals surface area contributed by atoms with Crippen LogP contribution >= 0.6 is 0 Å². The SMILES string of the molecule is CC(C)(C)OC(=O)N[C@@H]1CC[C@@H](c2nnc(S(C)(=O)=O)o2)OC1. The molecule has 1 aromatic heterocycles. The molecule has 0 aromatic carbocycles. The molecule has 23 heavy (non-hydrogen) atoms. The van der Waals surface area contributed by atoms with Gasteiger partial charge < -0.3 is 19.2 Å². The summed E-state index contributed by atoms with van der Waals surface area (Å²) in [7, 11) is -3.53. The van der Waals surface area contributed by atoms with E-state index in [1.165, 1.54) is 0 Å². The zero-order chi connectivity index (χ0) is 17.3. The van der Waals surface area contributed by atoms with Crippen LogP contribution in [-0.2, 0) is 19.3 Å². The minimum atomic E-state index is -3.53. The third-order valence-corrected chi connectivity index (χ3v) is 3.81. The Labute approximate surface area is 134 Å². The average Bonchev–Trinajstić information content (AvgIpc) is 2.86. The first kappa shape index (κ1) is 17.7. The van der Waals surface area contributed by atoms with Crippen molar-refractivity contribution >= 4 is 15.9 Å². The number of hydrogen-bond donors (Lipinski definition) is 1. The molecule has 2 rings (SSSR count). The van der Waals surface area contributed by atoms with E-state index in [1.54, 1.807) is 20.8 Å². The standard InChI is InChI=1S/C13H21N3O6S/c1-13(2,3)22-11(17)14-8-5-6-9(20-7-8)10-15-16-12(21-10)23(4,18)19/h8-9H,5-7H2,1-4H3,(H,14,17)/t8-,9+/m1/s1. The van der Waals surface area contributed by atoms with Crippen LogP contribution in [0.3, 0.4) is 0 Å². The van der Waals surface area contributed by atoms with E-state index in [9.17, 15) is 13.2 Å². The lowest BCUT2D eigenvalue weighted by molar-refractivity contribution is -0.0233. The number of ether oxygens (including phenoxy) is 2. The van der Waals surface area contributed by atoms with Gasteiger partial charge in [0.1, 0.15) is 11.7 Å². The van der Waals surface area contributed by atoms with E-state index in [2.05, 4.69) is 15.5 Å². The maximum Gasteiger partial charge on any atom is 0.407 e. The molecule has 1 N–H and O–H groups in total. The second-order valence-corrected chi connectivity index (χ2v) is 8.31. The Morgan fingerprint density at radius 2 is 2.00 bits per heavy atom. The largest absolute Gasteiger partial charge is 0.444 e. The van der Waals surface area contributed by atoms with Crippen LogP contribution in [0.25, 0.3) is 0 Å². The molecule has 1 amide bonds. The molecule has 0 unspecified atom stereocenters. The lowest BCUT2D eigenvalue weighted by atomic mass is 10.1. The Balaban J connectivity index is 1.87. The van der Waals surface area contributed by atoms with Crippen LogP contribution in [0.1, 0.15) is 45.6 Å². The number of rotatable bonds is 3. The third-order valence-electron chi connectivity index (χ3n) is 3.01. The summed E-state index contributed by atoms with van der Waals surface area (Å²) in [5.74, 6) is 0.126. The van der Waals surface area contributed by atoms with Crippen molar-refractivity contribution in [3.8, 4) is 0 Å². The van der Waals surface area contributed by atoms with Crippen molar-refractivity contribution in [1.82, 2.24) is 15.5 Å². The van der Waals surface area contributed by atoms with Gasteiger partial charge in [-0.3, -0.25) is 0 Å². The Morgan fingerprint density at radius 1 is 1.30 bits per heavy atom. The normalized spacial score (nSPS) is 22.6. The first-order valence-corrected chi connectivity index (χ1v) is 9.08. The van der Waals surface area contributed by atoms with Gasteiger partial charge in [-0.05, 0) is 33.6 Å².